The topological polar surface area (TPSA) is 71.2 Å². The largest absolute Gasteiger partial charge is 0.464 e. The van der Waals surface area contributed by atoms with Crippen molar-refractivity contribution in [1.29, 1.82) is 0 Å². The Balaban J connectivity index is 1.21. The highest BCUT2D eigenvalue weighted by molar-refractivity contribution is 6.08. The number of aromatic nitrogens is 2. The van der Waals surface area contributed by atoms with Crippen LogP contribution in [0.5, 0.6) is 0 Å². The van der Waals surface area contributed by atoms with Crippen LogP contribution in [-0.2, 0) is 11.2 Å². The van der Waals surface area contributed by atoms with E-state index in [1.165, 1.54) is 0 Å². The first-order chi connectivity index (χ1) is 15.7. The molecule has 1 aliphatic heterocycles. The number of likely N-dealkylation sites (tertiary alicyclic amines) is 1. The Morgan fingerprint density at radius 3 is 2.66 bits per heavy atom. The highest BCUT2D eigenvalue weighted by atomic mass is 16.3. The van der Waals surface area contributed by atoms with Crippen LogP contribution in [0.15, 0.2) is 76.1 Å². The van der Waals surface area contributed by atoms with Gasteiger partial charge in [-0.05, 0) is 41.8 Å². The molecule has 160 valence electrons. The van der Waals surface area contributed by atoms with Crippen LogP contribution in [0.3, 0.4) is 0 Å². The number of rotatable bonds is 3. The van der Waals surface area contributed by atoms with Gasteiger partial charge in [-0.1, -0.05) is 42.5 Å². The van der Waals surface area contributed by atoms with Gasteiger partial charge < -0.3 is 14.3 Å². The van der Waals surface area contributed by atoms with E-state index in [0.717, 1.165) is 51.2 Å². The zero-order chi connectivity index (χ0) is 21.7. The lowest BCUT2D eigenvalue weighted by atomic mass is 10.0. The van der Waals surface area contributed by atoms with E-state index in [9.17, 15) is 9.59 Å². The normalized spacial score (nSPS) is 15.2. The Kier molecular flexibility index (Phi) is 4.38. The fourth-order valence-corrected chi connectivity index (χ4v) is 5.09. The van der Waals surface area contributed by atoms with Gasteiger partial charge in [-0.2, -0.15) is 0 Å². The summed E-state index contributed by atoms with van der Waals surface area (Å²) in [5, 5.41) is 3.27. The molecule has 0 radical (unpaired) electrons. The van der Waals surface area contributed by atoms with Gasteiger partial charge in [0.25, 0.3) is 0 Å². The molecule has 1 N–H and O–H groups in total. The van der Waals surface area contributed by atoms with Crippen LogP contribution in [0.2, 0.25) is 0 Å². The molecule has 5 aromatic rings. The molecule has 3 heterocycles. The lowest BCUT2D eigenvalue weighted by Crippen LogP contribution is -2.41. The third-order valence-electron chi connectivity index (χ3n) is 6.69. The monoisotopic (exact) mass is 425 g/mol. The molecule has 0 aliphatic carbocycles. The van der Waals surface area contributed by atoms with Crippen LogP contribution in [0.25, 0.3) is 32.8 Å². The minimum atomic E-state index is -0.0762. The lowest BCUT2D eigenvalue weighted by molar-refractivity contribution is -0.131. The number of furan rings is 1. The summed E-state index contributed by atoms with van der Waals surface area (Å²) in [4.78, 5) is 30.5. The third-order valence-corrected chi connectivity index (χ3v) is 6.69. The zero-order valence-corrected chi connectivity index (χ0v) is 17.6. The number of piperidine rings is 1. The number of carbonyl (C=O) groups excluding carboxylic acids is 1. The molecule has 32 heavy (non-hydrogen) atoms. The van der Waals surface area contributed by atoms with Gasteiger partial charge in [0.1, 0.15) is 5.58 Å². The number of imidazole rings is 1. The van der Waals surface area contributed by atoms with Crippen molar-refractivity contribution in [1.82, 2.24) is 14.5 Å². The SMILES string of the molecule is O=C(Cc1coc2ccc3ccccc3c12)N1CCC(n2c(=O)[nH]c3ccccc32)CC1. The molecular weight excluding hydrogens is 402 g/mol. The van der Waals surface area contributed by atoms with Crippen LogP contribution in [0, 0.1) is 0 Å². The van der Waals surface area contributed by atoms with Crippen molar-refractivity contribution in [2.75, 3.05) is 13.1 Å². The predicted octanol–water partition coefficient (Wildman–Crippen LogP) is 4.64. The Bertz CT molecular complexity index is 1520. The number of fused-ring (bicyclic) bond motifs is 4. The quantitative estimate of drug-likeness (QED) is 0.458. The van der Waals surface area contributed by atoms with Crippen molar-refractivity contribution in [3.8, 4) is 0 Å². The molecule has 6 nitrogen and oxygen atoms in total. The number of aromatic amines is 1. The summed E-state index contributed by atoms with van der Waals surface area (Å²) in [6.45, 7) is 1.29. The summed E-state index contributed by atoms with van der Waals surface area (Å²) in [5.74, 6) is 0.102. The number of nitrogens with one attached hydrogen (secondary N) is 1. The maximum Gasteiger partial charge on any atom is 0.326 e. The molecule has 1 fully saturated rings. The number of benzene rings is 3. The number of nitrogens with zero attached hydrogens (tertiary/aromatic N) is 2. The van der Waals surface area contributed by atoms with E-state index in [1.54, 1.807) is 6.26 Å². The smallest absolute Gasteiger partial charge is 0.326 e. The Morgan fingerprint density at radius 1 is 1.00 bits per heavy atom. The van der Waals surface area contributed by atoms with Gasteiger partial charge in [-0.25, -0.2) is 4.79 Å². The number of hydrogen-bond acceptors (Lipinski definition) is 3. The summed E-state index contributed by atoms with van der Waals surface area (Å²) in [6.07, 6.45) is 3.57. The highest BCUT2D eigenvalue weighted by Gasteiger charge is 2.26. The van der Waals surface area contributed by atoms with E-state index in [2.05, 4.69) is 17.1 Å². The Hall–Kier alpha value is -3.80. The van der Waals surface area contributed by atoms with Crippen LogP contribution >= 0.6 is 0 Å². The second kappa shape index (κ2) is 7.41. The van der Waals surface area contributed by atoms with Crippen molar-refractivity contribution in [2.24, 2.45) is 0 Å². The molecular formula is C26H23N3O3. The maximum atomic E-state index is 13.1. The van der Waals surface area contributed by atoms with Crippen molar-refractivity contribution >= 4 is 38.7 Å². The minimum absolute atomic E-state index is 0.0762. The molecule has 3 aromatic carbocycles. The van der Waals surface area contributed by atoms with Crippen molar-refractivity contribution in [3.63, 3.8) is 0 Å². The van der Waals surface area contributed by atoms with Gasteiger partial charge in [-0.3, -0.25) is 9.36 Å². The minimum Gasteiger partial charge on any atom is -0.464 e. The summed E-state index contributed by atoms with van der Waals surface area (Å²) in [6, 6.07) is 20.1. The van der Waals surface area contributed by atoms with E-state index in [4.69, 9.17) is 4.42 Å². The summed E-state index contributed by atoms with van der Waals surface area (Å²) >= 11 is 0. The lowest BCUT2D eigenvalue weighted by Gasteiger charge is -2.32. The zero-order valence-electron chi connectivity index (χ0n) is 17.6. The maximum absolute atomic E-state index is 13.1. The van der Waals surface area contributed by atoms with E-state index in [1.807, 2.05) is 58.0 Å². The van der Waals surface area contributed by atoms with Crippen LogP contribution in [-0.4, -0.2) is 33.4 Å². The average molecular weight is 425 g/mol. The molecule has 0 saturated carbocycles. The number of carbonyl (C=O) groups is 1. The van der Waals surface area contributed by atoms with Gasteiger partial charge in [0.15, 0.2) is 0 Å². The van der Waals surface area contributed by atoms with Gasteiger partial charge in [-0.15, -0.1) is 0 Å². The first kappa shape index (κ1) is 18.9. The first-order valence-corrected chi connectivity index (χ1v) is 11.0. The average Bonchev–Trinajstić information content (AvgIpc) is 3.39. The van der Waals surface area contributed by atoms with E-state index >= 15 is 0 Å². The van der Waals surface area contributed by atoms with Crippen LogP contribution in [0.1, 0.15) is 24.4 Å². The molecule has 0 spiro atoms. The molecule has 1 amide bonds. The predicted molar refractivity (Wildman–Crippen MR) is 125 cm³/mol. The number of hydrogen-bond donors (Lipinski definition) is 1. The second-order valence-electron chi connectivity index (χ2n) is 8.53. The summed E-state index contributed by atoms with van der Waals surface area (Å²) < 4.78 is 7.61. The second-order valence-corrected chi connectivity index (χ2v) is 8.53. The number of H-pyrrole nitrogens is 1. The molecule has 0 atom stereocenters. The molecule has 0 bridgehead atoms. The molecule has 1 aliphatic rings. The van der Waals surface area contributed by atoms with E-state index < -0.39 is 0 Å². The van der Waals surface area contributed by atoms with Gasteiger partial charge in [0.05, 0.1) is 23.7 Å². The molecule has 1 saturated heterocycles. The van der Waals surface area contributed by atoms with Crippen molar-refractivity contribution in [2.45, 2.75) is 25.3 Å². The number of para-hydroxylation sites is 2. The molecule has 6 heteroatoms. The number of amides is 1. The van der Waals surface area contributed by atoms with Gasteiger partial charge in [0, 0.05) is 30.1 Å². The summed E-state index contributed by atoms with van der Waals surface area (Å²) in [5.41, 5.74) is 3.45. The summed E-state index contributed by atoms with van der Waals surface area (Å²) in [7, 11) is 0. The van der Waals surface area contributed by atoms with E-state index in [0.29, 0.717) is 19.5 Å². The standard InChI is InChI=1S/C26H23N3O3/c30-24(15-18-16-32-23-10-9-17-5-1-2-6-20(17)25(18)23)28-13-11-19(12-14-28)29-22-8-4-3-7-21(22)27-26(29)31/h1-10,16,19H,11-15H2,(H,27,31). The molecule has 0 unspecified atom stereocenters. The van der Waals surface area contributed by atoms with Gasteiger partial charge in [0.2, 0.25) is 5.91 Å². The van der Waals surface area contributed by atoms with Gasteiger partial charge >= 0.3 is 5.69 Å². The Labute approximate surface area is 184 Å². The van der Waals surface area contributed by atoms with Crippen LogP contribution < -0.4 is 5.69 Å². The van der Waals surface area contributed by atoms with Crippen LogP contribution in [0.4, 0.5) is 0 Å². The van der Waals surface area contributed by atoms with E-state index in [-0.39, 0.29) is 17.6 Å². The molecule has 6 rings (SSSR count). The fraction of sp³-hybridized carbons (Fsp3) is 0.231. The highest BCUT2D eigenvalue weighted by Crippen LogP contribution is 2.31. The molecule has 2 aromatic heterocycles. The van der Waals surface area contributed by atoms with Crippen molar-refractivity contribution < 1.29 is 9.21 Å². The Morgan fingerprint density at radius 2 is 1.78 bits per heavy atom. The fourth-order valence-electron chi connectivity index (χ4n) is 5.09. The first-order valence-electron chi connectivity index (χ1n) is 11.0. The third kappa shape index (κ3) is 3.02. The van der Waals surface area contributed by atoms with Crippen molar-refractivity contribution in [3.05, 3.63) is 83.0 Å².